The highest BCUT2D eigenvalue weighted by atomic mass is 127. The van der Waals surface area contributed by atoms with Gasteiger partial charge in [-0.3, -0.25) is 0 Å². The van der Waals surface area contributed by atoms with E-state index in [1.165, 1.54) is 3.57 Å². The summed E-state index contributed by atoms with van der Waals surface area (Å²) < 4.78 is 1.18. The van der Waals surface area contributed by atoms with Gasteiger partial charge in [0, 0.05) is 14.5 Å². The summed E-state index contributed by atoms with van der Waals surface area (Å²) >= 11 is 20.5. The molecule has 0 aliphatic carbocycles. The zero-order chi connectivity index (χ0) is 13.1. The molecule has 0 radical (unpaired) electrons. The molecule has 0 spiro atoms. The Morgan fingerprint density at radius 1 is 0.889 bits per heavy atom. The zero-order valence-electron chi connectivity index (χ0n) is 9.29. The summed E-state index contributed by atoms with van der Waals surface area (Å²) in [5.41, 5.74) is 2.12. The molecular formula is C14H10Cl3I. The molecular weight excluding hydrogens is 401 g/mol. The van der Waals surface area contributed by atoms with E-state index in [0.29, 0.717) is 5.02 Å². The Bertz CT molecular complexity index is 523. The maximum atomic E-state index is 6.13. The van der Waals surface area contributed by atoms with Crippen LogP contribution in [0.2, 0.25) is 5.02 Å². The van der Waals surface area contributed by atoms with Crippen molar-refractivity contribution >= 4 is 57.4 Å². The third-order valence-electron chi connectivity index (χ3n) is 2.69. The monoisotopic (exact) mass is 410 g/mol. The number of benzene rings is 2. The van der Waals surface area contributed by atoms with Crippen LogP contribution in [-0.2, 0) is 0 Å². The highest BCUT2D eigenvalue weighted by molar-refractivity contribution is 14.1. The van der Waals surface area contributed by atoms with Gasteiger partial charge in [0.15, 0.2) is 0 Å². The van der Waals surface area contributed by atoms with Crippen molar-refractivity contribution in [1.82, 2.24) is 0 Å². The Balaban J connectivity index is 2.43. The van der Waals surface area contributed by atoms with E-state index in [1.807, 2.05) is 48.5 Å². The van der Waals surface area contributed by atoms with E-state index in [0.717, 1.165) is 11.1 Å². The largest absolute Gasteiger partial charge is 0.118 e. The molecule has 18 heavy (non-hydrogen) atoms. The fraction of sp³-hybridized carbons (Fsp3) is 0.143. The molecule has 4 heteroatoms. The number of alkyl halides is 2. The predicted molar refractivity (Wildman–Crippen MR) is 87.9 cm³/mol. The molecule has 0 amide bonds. The highest BCUT2D eigenvalue weighted by Crippen LogP contribution is 2.34. The minimum absolute atomic E-state index is 0.0657. The van der Waals surface area contributed by atoms with Crippen LogP contribution in [0.4, 0.5) is 0 Å². The molecule has 2 aromatic rings. The third kappa shape index (κ3) is 3.53. The molecule has 0 unspecified atom stereocenters. The lowest BCUT2D eigenvalue weighted by Gasteiger charge is -2.19. The lowest BCUT2D eigenvalue weighted by Crippen LogP contribution is -2.09. The standard InChI is InChI=1S/C14H10Cl3I/c15-11-3-1-2-10(8-11)13(14(16)17)9-4-6-12(18)7-5-9/h1-8,13-14H/t13-/m1/s1. The van der Waals surface area contributed by atoms with Crippen molar-refractivity contribution in [3.05, 3.63) is 68.3 Å². The molecule has 0 aromatic heterocycles. The molecule has 0 saturated carbocycles. The number of halogens is 4. The summed E-state index contributed by atoms with van der Waals surface area (Å²) in [5.74, 6) is -0.0657. The van der Waals surface area contributed by atoms with E-state index >= 15 is 0 Å². The van der Waals surface area contributed by atoms with Crippen LogP contribution in [0.1, 0.15) is 17.0 Å². The van der Waals surface area contributed by atoms with Gasteiger partial charge in [-0.2, -0.15) is 0 Å². The summed E-state index contributed by atoms with van der Waals surface area (Å²) in [6.45, 7) is 0. The molecule has 0 aliphatic rings. The highest BCUT2D eigenvalue weighted by Gasteiger charge is 2.21. The van der Waals surface area contributed by atoms with Crippen LogP contribution in [0.15, 0.2) is 48.5 Å². The van der Waals surface area contributed by atoms with E-state index in [-0.39, 0.29) is 5.92 Å². The van der Waals surface area contributed by atoms with E-state index < -0.39 is 4.84 Å². The van der Waals surface area contributed by atoms with Gasteiger partial charge in [-0.05, 0) is 58.0 Å². The molecule has 2 aromatic carbocycles. The zero-order valence-corrected chi connectivity index (χ0v) is 13.7. The van der Waals surface area contributed by atoms with Crippen molar-refractivity contribution in [1.29, 1.82) is 0 Å². The molecule has 0 fully saturated rings. The minimum Gasteiger partial charge on any atom is -0.104 e. The summed E-state index contributed by atoms with van der Waals surface area (Å²) in [7, 11) is 0. The second kappa shape index (κ2) is 6.47. The number of rotatable bonds is 3. The van der Waals surface area contributed by atoms with Crippen LogP contribution in [0.3, 0.4) is 0 Å². The topological polar surface area (TPSA) is 0 Å². The lowest BCUT2D eigenvalue weighted by molar-refractivity contribution is 0.886. The summed E-state index contributed by atoms with van der Waals surface area (Å²) in [6.07, 6.45) is 0. The fourth-order valence-electron chi connectivity index (χ4n) is 1.85. The lowest BCUT2D eigenvalue weighted by atomic mass is 9.93. The molecule has 0 nitrogen and oxygen atoms in total. The van der Waals surface area contributed by atoms with Crippen LogP contribution in [0.5, 0.6) is 0 Å². The first kappa shape index (κ1) is 14.4. The Morgan fingerprint density at radius 2 is 1.56 bits per heavy atom. The van der Waals surface area contributed by atoms with E-state index in [4.69, 9.17) is 34.8 Å². The molecule has 94 valence electrons. The quantitative estimate of drug-likeness (QED) is 0.437. The van der Waals surface area contributed by atoms with Gasteiger partial charge in [0.2, 0.25) is 0 Å². The maximum Gasteiger partial charge on any atom is 0.118 e. The van der Waals surface area contributed by atoms with Gasteiger partial charge in [-0.1, -0.05) is 35.9 Å². The van der Waals surface area contributed by atoms with Gasteiger partial charge in [0.05, 0.1) is 0 Å². The SMILES string of the molecule is Clc1cccc([C@@H](c2ccc(I)cc2)C(Cl)Cl)c1. The smallest absolute Gasteiger partial charge is 0.104 e. The van der Waals surface area contributed by atoms with Crippen molar-refractivity contribution in [3.63, 3.8) is 0 Å². The van der Waals surface area contributed by atoms with Gasteiger partial charge in [-0.25, -0.2) is 0 Å². The second-order valence-corrected chi connectivity index (χ2v) is 6.76. The molecule has 0 N–H and O–H groups in total. The summed E-state index contributed by atoms with van der Waals surface area (Å²) in [4.78, 5) is -0.511. The van der Waals surface area contributed by atoms with Gasteiger partial charge in [-0.15, -0.1) is 23.2 Å². The van der Waals surface area contributed by atoms with Crippen LogP contribution >= 0.6 is 57.4 Å². The average molecular weight is 411 g/mol. The molecule has 0 aliphatic heterocycles. The van der Waals surface area contributed by atoms with Gasteiger partial charge in [0.25, 0.3) is 0 Å². The summed E-state index contributed by atoms with van der Waals surface area (Å²) in [5, 5.41) is 0.692. The van der Waals surface area contributed by atoms with Crippen molar-refractivity contribution in [2.45, 2.75) is 10.8 Å². The second-order valence-electron chi connectivity index (χ2n) is 3.92. The first-order chi connectivity index (χ1) is 8.58. The average Bonchev–Trinajstić information content (AvgIpc) is 2.32. The first-order valence-electron chi connectivity index (χ1n) is 5.37. The van der Waals surface area contributed by atoms with E-state index in [1.54, 1.807) is 0 Å². The summed E-state index contributed by atoms with van der Waals surface area (Å²) in [6, 6.07) is 15.8. The Morgan fingerprint density at radius 3 is 2.11 bits per heavy atom. The maximum absolute atomic E-state index is 6.13. The minimum atomic E-state index is -0.511. The molecule has 0 saturated heterocycles. The molecule has 0 heterocycles. The van der Waals surface area contributed by atoms with Gasteiger partial charge in [0.1, 0.15) is 4.84 Å². The van der Waals surface area contributed by atoms with Crippen LogP contribution in [0.25, 0.3) is 0 Å². The third-order valence-corrected chi connectivity index (χ3v) is 4.15. The van der Waals surface area contributed by atoms with Crippen molar-refractivity contribution in [3.8, 4) is 0 Å². The van der Waals surface area contributed by atoms with Crippen molar-refractivity contribution in [2.24, 2.45) is 0 Å². The Hall–Kier alpha value is 0.0400. The van der Waals surface area contributed by atoms with Crippen molar-refractivity contribution < 1.29 is 0 Å². The van der Waals surface area contributed by atoms with Gasteiger partial charge < -0.3 is 0 Å². The Kier molecular flexibility index (Phi) is 5.19. The van der Waals surface area contributed by atoms with E-state index in [9.17, 15) is 0 Å². The fourth-order valence-corrected chi connectivity index (χ4v) is 2.99. The molecule has 2 rings (SSSR count). The Labute approximate surface area is 135 Å². The predicted octanol–water partition coefficient (Wildman–Crippen LogP) is 5.88. The normalized spacial score (nSPS) is 12.7. The number of hydrogen-bond acceptors (Lipinski definition) is 0. The van der Waals surface area contributed by atoms with Crippen LogP contribution < -0.4 is 0 Å². The van der Waals surface area contributed by atoms with Crippen LogP contribution in [-0.4, -0.2) is 4.84 Å². The molecule has 1 atom stereocenters. The molecule has 0 bridgehead atoms. The van der Waals surface area contributed by atoms with Crippen LogP contribution in [0, 0.1) is 3.57 Å². The van der Waals surface area contributed by atoms with E-state index in [2.05, 4.69) is 22.6 Å². The van der Waals surface area contributed by atoms with Gasteiger partial charge >= 0.3 is 0 Å². The van der Waals surface area contributed by atoms with Crippen molar-refractivity contribution in [2.75, 3.05) is 0 Å². The number of hydrogen-bond donors (Lipinski definition) is 0. The first-order valence-corrected chi connectivity index (χ1v) is 7.70.